The molecule has 0 fully saturated rings. The molecule has 1 N–H and O–H groups in total. The van der Waals surface area contributed by atoms with E-state index in [9.17, 15) is 0 Å². The highest BCUT2D eigenvalue weighted by molar-refractivity contribution is 7.98. The van der Waals surface area contributed by atoms with E-state index in [0.29, 0.717) is 6.04 Å². The molecule has 1 atom stereocenters. The molecule has 0 bridgehead atoms. The topological polar surface area (TPSA) is 15.3 Å². The maximum Gasteiger partial charge on any atom is 0.0132 e. The van der Waals surface area contributed by atoms with Gasteiger partial charge in [-0.2, -0.15) is 11.8 Å². The number of nitrogens with one attached hydrogen (secondary N) is 1. The van der Waals surface area contributed by atoms with Crippen molar-refractivity contribution in [2.75, 3.05) is 38.7 Å². The summed E-state index contributed by atoms with van der Waals surface area (Å²) in [5.74, 6) is 1.26. The highest BCUT2D eigenvalue weighted by Gasteiger charge is 2.07. The Hall–Kier alpha value is 0.0100. The number of thioether (sulfide) groups is 1. The van der Waals surface area contributed by atoms with Gasteiger partial charge in [-0.15, -0.1) is 6.58 Å². The molecule has 0 amide bonds. The summed E-state index contributed by atoms with van der Waals surface area (Å²) in [6.07, 6.45) is 5.34. The first kappa shape index (κ1) is 14.0. The van der Waals surface area contributed by atoms with Crippen molar-refractivity contribution in [1.29, 1.82) is 0 Å². The minimum absolute atomic E-state index is 0.688. The summed E-state index contributed by atoms with van der Waals surface area (Å²) >= 11 is 1.92. The van der Waals surface area contributed by atoms with Crippen LogP contribution in [0.5, 0.6) is 0 Å². The molecule has 0 aliphatic heterocycles. The molecule has 0 aliphatic carbocycles. The van der Waals surface area contributed by atoms with Crippen LogP contribution in [0.25, 0.3) is 0 Å². The van der Waals surface area contributed by atoms with E-state index in [0.717, 1.165) is 19.6 Å². The zero-order valence-electron chi connectivity index (χ0n) is 9.75. The Bertz CT molecular complexity index is 139. The summed E-state index contributed by atoms with van der Waals surface area (Å²) in [6.45, 7) is 9.04. The highest BCUT2D eigenvalue weighted by Crippen LogP contribution is 2.04. The van der Waals surface area contributed by atoms with E-state index in [-0.39, 0.29) is 0 Å². The molecule has 0 aliphatic rings. The fourth-order valence-corrected chi connectivity index (χ4v) is 1.77. The summed E-state index contributed by atoms with van der Waals surface area (Å²) in [5, 5.41) is 3.31. The zero-order valence-corrected chi connectivity index (χ0v) is 10.6. The highest BCUT2D eigenvalue weighted by atomic mass is 32.2. The quantitative estimate of drug-likeness (QED) is 0.468. The number of rotatable bonds is 9. The van der Waals surface area contributed by atoms with Gasteiger partial charge in [0.25, 0.3) is 0 Å². The summed E-state index contributed by atoms with van der Waals surface area (Å²) in [4.78, 5) is 2.41. The molecule has 0 spiro atoms. The van der Waals surface area contributed by atoms with Crippen LogP contribution in [0.1, 0.15) is 13.3 Å². The Labute approximate surface area is 93.1 Å². The monoisotopic (exact) mass is 216 g/mol. The maximum absolute atomic E-state index is 3.67. The van der Waals surface area contributed by atoms with Crippen molar-refractivity contribution in [1.82, 2.24) is 10.2 Å². The number of hydrogen-bond donors (Lipinski definition) is 1. The Morgan fingerprint density at radius 1 is 1.57 bits per heavy atom. The number of likely N-dealkylation sites (N-methyl/N-ethyl adjacent to an activating group) is 1. The Kier molecular flexibility index (Phi) is 9.57. The second-order valence-corrected chi connectivity index (χ2v) is 4.59. The van der Waals surface area contributed by atoms with Crippen LogP contribution < -0.4 is 5.32 Å². The number of nitrogens with zero attached hydrogens (tertiary/aromatic N) is 1. The summed E-state index contributed by atoms with van der Waals surface area (Å²) in [6, 6.07) is 0.688. The third-order valence-corrected chi connectivity index (χ3v) is 3.07. The summed E-state index contributed by atoms with van der Waals surface area (Å²) in [7, 11) is 2.20. The zero-order chi connectivity index (χ0) is 10.8. The number of hydrogen-bond acceptors (Lipinski definition) is 3. The maximum atomic E-state index is 3.67. The second kappa shape index (κ2) is 9.56. The SMILES string of the molecule is C=CCNCCN(C)C(C)CCSC. The average molecular weight is 216 g/mol. The molecule has 14 heavy (non-hydrogen) atoms. The lowest BCUT2D eigenvalue weighted by Gasteiger charge is -2.24. The van der Waals surface area contributed by atoms with E-state index in [1.54, 1.807) is 0 Å². The molecular formula is C11H24N2S. The fourth-order valence-electron chi connectivity index (χ4n) is 1.19. The van der Waals surface area contributed by atoms with Crippen LogP contribution in [0.4, 0.5) is 0 Å². The van der Waals surface area contributed by atoms with Crippen molar-refractivity contribution >= 4 is 11.8 Å². The first-order chi connectivity index (χ1) is 6.72. The van der Waals surface area contributed by atoms with Gasteiger partial charge in [0.1, 0.15) is 0 Å². The van der Waals surface area contributed by atoms with Gasteiger partial charge in [-0.3, -0.25) is 0 Å². The smallest absolute Gasteiger partial charge is 0.0132 e. The molecule has 84 valence electrons. The van der Waals surface area contributed by atoms with Crippen LogP contribution in [0.2, 0.25) is 0 Å². The van der Waals surface area contributed by atoms with Crippen molar-refractivity contribution in [3.63, 3.8) is 0 Å². The lowest BCUT2D eigenvalue weighted by molar-refractivity contribution is 0.254. The molecule has 0 radical (unpaired) electrons. The van der Waals surface area contributed by atoms with Gasteiger partial charge in [-0.1, -0.05) is 6.08 Å². The first-order valence-electron chi connectivity index (χ1n) is 5.23. The van der Waals surface area contributed by atoms with Crippen LogP contribution in [-0.4, -0.2) is 49.6 Å². The molecule has 0 aromatic rings. The normalized spacial score (nSPS) is 13.1. The Balaban J connectivity index is 3.40. The predicted octanol–water partition coefficient (Wildman–Crippen LogP) is 1.84. The molecule has 0 aromatic carbocycles. The van der Waals surface area contributed by atoms with E-state index in [1.807, 2.05) is 17.8 Å². The summed E-state index contributed by atoms with van der Waals surface area (Å²) < 4.78 is 0. The van der Waals surface area contributed by atoms with Crippen molar-refractivity contribution in [3.8, 4) is 0 Å². The van der Waals surface area contributed by atoms with Gasteiger partial charge < -0.3 is 10.2 Å². The lowest BCUT2D eigenvalue weighted by atomic mass is 10.2. The molecule has 0 saturated carbocycles. The minimum atomic E-state index is 0.688. The van der Waals surface area contributed by atoms with Crippen molar-refractivity contribution in [3.05, 3.63) is 12.7 Å². The van der Waals surface area contributed by atoms with Crippen LogP contribution in [0.15, 0.2) is 12.7 Å². The van der Waals surface area contributed by atoms with Crippen LogP contribution in [0, 0.1) is 0 Å². The molecular weight excluding hydrogens is 192 g/mol. The largest absolute Gasteiger partial charge is 0.312 e. The Morgan fingerprint density at radius 3 is 2.86 bits per heavy atom. The second-order valence-electron chi connectivity index (χ2n) is 3.60. The molecule has 0 heterocycles. The molecule has 0 aromatic heterocycles. The van der Waals surface area contributed by atoms with E-state index in [1.165, 1.54) is 12.2 Å². The van der Waals surface area contributed by atoms with E-state index in [2.05, 4.69) is 37.0 Å². The third-order valence-electron chi connectivity index (χ3n) is 2.42. The average Bonchev–Trinajstić information content (AvgIpc) is 2.20. The minimum Gasteiger partial charge on any atom is -0.312 e. The first-order valence-corrected chi connectivity index (χ1v) is 6.62. The van der Waals surface area contributed by atoms with Gasteiger partial charge in [-0.05, 0) is 32.4 Å². The summed E-state index contributed by atoms with van der Waals surface area (Å²) in [5.41, 5.74) is 0. The van der Waals surface area contributed by atoms with Gasteiger partial charge in [0.2, 0.25) is 0 Å². The Morgan fingerprint density at radius 2 is 2.29 bits per heavy atom. The predicted molar refractivity (Wildman–Crippen MR) is 68.2 cm³/mol. The van der Waals surface area contributed by atoms with E-state index < -0.39 is 0 Å². The van der Waals surface area contributed by atoms with Crippen LogP contribution >= 0.6 is 11.8 Å². The van der Waals surface area contributed by atoms with Gasteiger partial charge >= 0.3 is 0 Å². The van der Waals surface area contributed by atoms with E-state index >= 15 is 0 Å². The van der Waals surface area contributed by atoms with E-state index in [4.69, 9.17) is 0 Å². The van der Waals surface area contributed by atoms with Gasteiger partial charge in [0, 0.05) is 25.7 Å². The molecule has 1 unspecified atom stereocenters. The lowest BCUT2D eigenvalue weighted by Crippen LogP contribution is -2.35. The standard InChI is InChI=1S/C11H24N2S/c1-5-7-12-8-9-13(3)11(2)6-10-14-4/h5,11-12H,1,6-10H2,2-4H3. The van der Waals surface area contributed by atoms with Gasteiger partial charge in [-0.25, -0.2) is 0 Å². The van der Waals surface area contributed by atoms with Crippen molar-refractivity contribution < 1.29 is 0 Å². The van der Waals surface area contributed by atoms with Crippen LogP contribution in [0.3, 0.4) is 0 Å². The van der Waals surface area contributed by atoms with Gasteiger partial charge in [0.15, 0.2) is 0 Å². The molecule has 3 heteroatoms. The van der Waals surface area contributed by atoms with Crippen LogP contribution in [-0.2, 0) is 0 Å². The molecule has 0 saturated heterocycles. The van der Waals surface area contributed by atoms with Gasteiger partial charge in [0.05, 0.1) is 0 Å². The third kappa shape index (κ3) is 7.42. The van der Waals surface area contributed by atoms with Crippen molar-refractivity contribution in [2.24, 2.45) is 0 Å². The van der Waals surface area contributed by atoms with Crippen molar-refractivity contribution in [2.45, 2.75) is 19.4 Å². The fraction of sp³-hybridized carbons (Fsp3) is 0.818. The molecule has 2 nitrogen and oxygen atoms in total. The molecule has 0 rings (SSSR count).